The number of ether oxygens (including phenoxy) is 1. The zero-order valence-electron chi connectivity index (χ0n) is 8.35. The monoisotopic (exact) mass is 222 g/mol. The summed E-state index contributed by atoms with van der Waals surface area (Å²) in [6, 6.07) is 7.88. The van der Waals surface area contributed by atoms with Gasteiger partial charge in [-0.05, 0) is 17.7 Å². The summed E-state index contributed by atoms with van der Waals surface area (Å²) < 4.78 is 6.93. The Labute approximate surface area is 93.2 Å². The van der Waals surface area contributed by atoms with Crippen LogP contribution in [-0.2, 0) is 6.54 Å². The molecule has 0 radical (unpaired) electrons. The number of methoxy groups -OCH3 is 1. The molecule has 0 amide bonds. The fourth-order valence-electron chi connectivity index (χ4n) is 1.38. The molecule has 0 unspecified atom stereocenters. The quantitative estimate of drug-likeness (QED) is 0.798. The second-order valence-corrected chi connectivity index (χ2v) is 3.64. The maximum absolute atomic E-state index is 5.78. The van der Waals surface area contributed by atoms with Crippen molar-refractivity contribution in [3.63, 3.8) is 0 Å². The van der Waals surface area contributed by atoms with Gasteiger partial charge in [-0.15, -0.1) is 0 Å². The summed E-state index contributed by atoms with van der Waals surface area (Å²) in [5, 5.41) is 4.76. The molecule has 0 atom stereocenters. The lowest BCUT2D eigenvalue weighted by atomic mass is 10.2. The normalized spacial score (nSPS) is 10.3. The molecule has 78 valence electrons. The van der Waals surface area contributed by atoms with Crippen LogP contribution < -0.4 is 4.74 Å². The van der Waals surface area contributed by atoms with E-state index in [0.29, 0.717) is 11.6 Å². The summed E-state index contributed by atoms with van der Waals surface area (Å²) in [7, 11) is 1.66. The van der Waals surface area contributed by atoms with Gasteiger partial charge in [-0.1, -0.05) is 23.7 Å². The molecule has 15 heavy (non-hydrogen) atoms. The summed E-state index contributed by atoms with van der Waals surface area (Å²) in [4.78, 5) is 0. The fourth-order valence-corrected chi connectivity index (χ4v) is 1.54. The van der Waals surface area contributed by atoms with Crippen molar-refractivity contribution in [1.82, 2.24) is 9.78 Å². The van der Waals surface area contributed by atoms with E-state index in [4.69, 9.17) is 16.3 Å². The molecule has 3 nitrogen and oxygen atoms in total. The van der Waals surface area contributed by atoms with Crippen molar-refractivity contribution >= 4 is 11.6 Å². The van der Waals surface area contributed by atoms with Crippen LogP contribution in [0.5, 0.6) is 5.75 Å². The van der Waals surface area contributed by atoms with Crippen molar-refractivity contribution in [1.29, 1.82) is 0 Å². The van der Waals surface area contributed by atoms with Crippen LogP contribution in [-0.4, -0.2) is 16.9 Å². The Balaban J connectivity index is 2.16. The van der Waals surface area contributed by atoms with Crippen LogP contribution in [0.15, 0.2) is 36.7 Å². The Kier molecular flexibility index (Phi) is 2.92. The van der Waals surface area contributed by atoms with E-state index in [1.165, 1.54) is 0 Å². The van der Waals surface area contributed by atoms with Crippen molar-refractivity contribution in [3.05, 3.63) is 47.2 Å². The molecule has 2 rings (SSSR count). The topological polar surface area (TPSA) is 27.1 Å². The largest absolute Gasteiger partial charge is 0.497 e. The molecular formula is C11H11ClN2O. The maximum atomic E-state index is 5.78. The minimum absolute atomic E-state index is 0.651. The first-order valence-electron chi connectivity index (χ1n) is 4.59. The molecule has 0 saturated carbocycles. The van der Waals surface area contributed by atoms with Gasteiger partial charge in [0.15, 0.2) is 0 Å². The fraction of sp³-hybridized carbons (Fsp3) is 0.182. The Morgan fingerprint density at radius 1 is 1.47 bits per heavy atom. The number of rotatable bonds is 3. The summed E-state index contributed by atoms with van der Waals surface area (Å²) in [6.45, 7) is 0.698. The molecular weight excluding hydrogens is 212 g/mol. The Morgan fingerprint density at radius 2 is 2.33 bits per heavy atom. The second-order valence-electron chi connectivity index (χ2n) is 3.21. The lowest BCUT2D eigenvalue weighted by molar-refractivity contribution is 0.414. The third-order valence-corrected chi connectivity index (χ3v) is 2.28. The minimum atomic E-state index is 0.651. The second kappa shape index (κ2) is 4.36. The highest BCUT2D eigenvalue weighted by Gasteiger charge is 1.99. The van der Waals surface area contributed by atoms with Gasteiger partial charge in [0.25, 0.3) is 0 Å². The minimum Gasteiger partial charge on any atom is -0.497 e. The van der Waals surface area contributed by atoms with Crippen LogP contribution in [0.25, 0.3) is 0 Å². The third-order valence-electron chi connectivity index (χ3n) is 2.08. The van der Waals surface area contributed by atoms with Crippen molar-refractivity contribution in [2.45, 2.75) is 6.54 Å². The van der Waals surface area contributed by atoms with E-state index >= 15 is 0 Å². The van der Waals surface area contributed by atoms with Gasteiger partial charge in [0.05, 0.1) is 24.9 Å². The van der Waals surface area contributed by atoms with E-state index < -0.39 is 0 Å². The van der Waals surface area contributed by atoms with Crippen LogP contribution in [0, 0.1) is 0 Å². The molecule has 1 aromatic carbocycles. The molecule has 1 heterocycles. The van der Waals surface area contributed by atoms with E-state index in [9.17, 15) is 0 Å². The third kappa shape index (κ3) is 2.50. The average molecular weight is 223 g/mol. The molecule has 1 aromatic heterocycles. The van der Waals surface area contributed by atoms with Gasteiger partial charge in [-0.2, -0.15) is 5.10 Å². The Hall–Kier alpha value is -1.48. The molecule has 0 fully saturated rings. The highest BCUT2D eigenvalue weighted by Crippen LogP contribution is 2.14. The summed E-state index contributed by atoms with van der Waals surface area (Å²) in [5.41, 5.74) is 1.13. The molecule has 4 heteroatoms. The first-order chi connectivity index (χ1) is 7.28. The van der Waals surface area contributed by atoms with E-state index in [1.54, 1.807) is 24.2 Å². The molecule has 0 N–H and O–H groups in total. The van der Waals surface area contributed by atoms with Crippen molar-refractivity contribution in [2.24, 2.45) is 0 Å². The predicted octanol–water partition coefficient (Wildman–Crippen LogP) is 2.59. The van der Waals surface area contributed by atoms with Crippen LogP contribution in [0.2, 0.25) is 5.02 Å². The number of hydrogen-bond acceptors (Lipinski definition) is 2. The van der Waals surface area contributed by atoms with Crippen molar-refractivity contribution in [3.8, 4) is 5.75 Å². The average Bonchev–Trinajstić information content (AvgIpc) is 2.64. The van der Waals surface area contributed by atoms with Gasteiger partial charge < -0.3 is 4.74 Å². The van der Waals surface area contributed by atoms with Gasteiger partial charge in [0.2, 0.25) is 0 Å². The van der Waals surface area contributed by atoms with Crippen LogP contribution in [0.3, 0.4) is 0 Å². The van der Waals surface area contributed by atoms with E-state index in [0.717, 1.165) is 11.3 Å². The number of benzene rings is 1. The molecule has 0 spiro atoms. The molecule has 0 aliphatic carbocycles. The van der Waals surface area contributed by atoms with E-state index in [2.05, 4.69) is 5.10 Å². The molecule has 2 aromatic rings. The van der Waals surface area contributed by atoms with Crippen molar-refractivity contribution in [2.75, 3.05) is 7.11 Å². The van der Waals surface area contributed by atoms with Gasteiger partial charge in [-0.3, -0.25) is 4.68 Å². The number of nitrogens with zero attached hydrogens (tertiary/aromatic N) is 2. The van der Waals surface area contributed by atoms with Gasteiger partial charge in [-0.25, -0.2) is 0 Å². The zero-order valence-corrected chi connectivity index (χ0v) is 9.11. The first-order valence-corrected chi connectivity index (χ1v) is 4.96. The van der Waals surface area contributed by atoms with Gasteiger partial charge >= 0.3 is 0 Å². The number of halogens is 1. The van der Waals surface area contributed by atoms with Crippen molar-refractivity contribution < 1.29 is 4.74 Å². The Bertz CT molecular complexity index is 453. The summed E-state index contributed by atoms with van der Waals surface area (Å²) in [6.07, 6.45) is 3.42. The smallest absolute Gasteiger partial charge is 0.119 e. The molecule has 0 bridgehead atoms. The summed E-state index contributed by atoms with van der Waals surface area (Å²) >= 11 is 5.78. The Morgan fingerprint density at radius 3 is 3.00 bits per heavy atom. The standard InChI is InChI=1S/C11H11ClN2O/c1-15-11-4-2-3-9(5-11)7-14-8-10(12)6-13-14/h2-6,8H,7H2,1H3. The predicted molar refractivity (Wildman–Crippen MR) is 59.3 cm³/mol. The highest BCUT2D eigenvalue weighted by atomic mass is 35.5. The maximum Gasteiger partial charge on any atom is 0.119 e. The van der Waals surface area contributed by atoms with Crippen LogP contribution >= 0.6 is 11.6 Å². The van der Waals surface area contributed by atoms with Crippen LogP contribution in [0.4, 0.5) is 0 Å². The number of aromatic nitrogens is 2. The zero-order chi connectivity index (χ0) is 10.7. The lowest BCUT2D eigenvalue weighted by Gasteiger charge is -2.04. The SMILES string of the molecule is COc1cccc(Cn2cc(Cl)cn2)c1. The van der Waals surface area contributed by atoms with Gasteiger partial charge in [0.1, 0.15) is 5.75 Å². The van der Waals surface area contributed by atoms with E-state index in [1.807, 2.05) is 24.3 Å². The number of hydrogen-bond donors (Lipinski definition) is 0. The molecule has 0 saturated heterocycles. The highest BCUT2D eigenvalue weighted by molar-refractivity contribution is 6.30. The summed E-state index contributed by atoms with van der Waals surface area (Å²) in [5.74, 6) is 0.853. The first kappa shape index (κ1) is 10.1. The lowest BCUT2D eigenvalue weighted by Crippen LogP contribution is -1.99. The van der Waals surface area contributed by atoms with E-state index in [-0.39, 0.29) is 0 Å². The van der Waals surface area contributed by atoms with Crippen LogP contribution in [0.1, 0.15) is 5.56 Å². The molecule has 0 aliphatic heterocycles. The molecule has 0 aliphatic rings. The van der Waals surface area contributed by atoms with Gasteiger partial charge in [0, 0.05) is 6.20 Å².